The van der Waals surface area contributed by atoms with Crippen LogP contribution in [-0.2, 0) is 5.41 Å². The highest BCUT2D eigenvalue weighted by atomic mass is 14.9. The molecule has 0 aliphatic carbocycles. The van der Waals surface area contributed by atoms with Crippen molar-refractivity contribution >= 4 is 0 Å². The second-order valence-corrected chi connectivity index (χ2v) is 4.34. The Morgan fingerprint density at radius 1 is 1.38 bits per heavy atom. The molecule has 1 aromatic heterocycles. The first-order valence-electron chi connectivity index (χ1n) is 4.50. The van der Waals surface area contributed by atoms with Gasteiger partial charge in [0.25, 0.3) is 0 Å². The molecule has 1 aromatic rings. The van der Waals surface area contributed by atoms with Crippen LogP contribution in [0.4, 0.5) is 0 Å². The third kappa shape index (κ3) is 2.49. The van der Waals surface area contributed by atoms with Gasteiger partial charge in [-0.05, 0) is 13.0 Å². The highest BCUT2D eigenvalue weighted by Gasteiger charge is 2.16. The average Bonchev–Trinajstić information content (AvgIpc) is 2.03. The Labute approximate surface area is 79.4 Å². The Bertz CT molecular complexity index is 286. The van der Waals surface area contributed by atoms with Gasteiger partial charge in [0.1, 0.15) is 5.82 Å². The number of hydrogen-bond acceptors (Lipinski definition) is 3. The summed E-state index contributed by atoms with van der Waals surface area (Å²) in [5.74, 6) is 0.715. The van der Waals surface area contributed by atoms with Gasteiger partial charge >= 0.3 is 0 Å². The number of nitrogens with zero attached hydrogens (tertiary/aromatic N) is 2. The van der Waals surface area contributed by atoms with Crippen LogP contribution in [-0.4, -0.2) is 9.97 Å². The van der Waals surface area contributed by atoms with E-state index < -0.39 is 0 Å². The van der Waals surface area contributed by atoms with Gasteiger partial charge in [-0.15, -0.1) is 0 Å². The normalized spacial score (nSPS) is 14.2. The standard InChI is InChI=1S/C10H17N3/c1-7(11)9-12-6-5-8(13-9)10(2,3)4/h5-7H,11H2,1-4H3. The van der Waals surface area contributed by atoms with Crippen LogP contribution < -0.4 is 5.73 Å². The maximum atomic E-state index is 5.70. The van der Waals surface area contributed by atoms with Crippen LogP contribution in [0.1, 0.15) is 45.3 Å². The Morgan fingerprint density at radius 2 is 2.00 bits per heavy atom. The van der Waals surface area contributed by atoms with E-state index in [4.69, 9.17) is 5.73 Å². The predicted molar refractivity (Wildman–Crippen MR) is 53.3 cm³/mol. The molecule has 0 aliphatic rings. The lowest BCUT2D eigenvalue weighted by Gasteiger charge is -2.18. The Kier molecular flexibility index (Phi) is 2.66. The Morgan fingerprint density at radius 3 is 2.46 bits per heavy atom. The third-order valence-corrected chi connectivity index (χ3v) is 1.85. The number of rotatable bonds is 1. The maximum Gasteiger partial charge on any atom is 0.144 e. The average molecular weight is 179 g/mol. The predicted octanol–water partition coefficient (Wildman–Crippen LogP) is 1.79. The minimum Gasteiger partial charge on any atom is -0.322 e. The first kappa shape index (κ1) is 10.1. The van der Waals surface area contributed by atoms with Gasteiger partial charge in [-0.1, -0.05) is 20.8 Å². The zero-order chi connectivity index (χ0) is 10.1. The van der Waals surface area contributed by atoms with E-state index >= 15 is 0 Å². The summed E-state index contributed by atoms with van der Waals surface area (Å²) in [5.41, 5.74) is 6.80. The lowest BCUT2D eigenvalue weighted by molar-refractivity contribution is 0.556. The first-order chi connectivity index (χ1) is 5.91. The molecule has 1 atom stereocenters. The fraction of sp³-hybridized carbons (Fsp3) is 0.600. The van der Waals surface area contributed by atoms with Gasteiger partial charge in [0.15, 0.2) is 0 Å². The van der Waals surface area contributed by atoms with Gasteiger partial charge in [-0.25, -0.2) is 9.97 Å². The third-order valence-electron chi connectivity index (χ3n) is 1.85. The SMILES string of the molecule is CC(N)c1nccc(C(C)(C)C)n1. The molecule has 1 heterocycles. The molecule has 0 aliphatic heterocycles. The molecule has 3 heteroatoms. The van der Waals surface area contributed by atoms with Crippen LogP contribution in [0.2, 0.25) is 0 Å². The van der Waals surface area contributed by atoms with E-state index in [1.165, 1.54) is 0 Å². The van der Waals surface area contributed by atoms with Crippen LogP contribution in [0, 0.1) is 0 Å². The number of nitrogens with two attached hydrogens (primary N) is 1. The van der Waals surface area contributed by atoms with Gasteiger partial charge in [-0.2, -0.15) is 0 Å². The van der Waals surface area contributed by atoms with E-state index in [1.807, 2.05) is 13.0 Å². The zero-order valence-corrected chi connectivity index (χ0v) is 8.70. The van der Waals surface area contributed by atoms with E-state index in [1.54, 1.807) is 6.20 Å². The summed E-state index contributed by atoms with van der Waals surface area (Å²) in [6.07, 6.45) is 1.77. The topological polar surface area (TPSA) is 51.8 Å². The zero-order valence-electron chi connectivity index (χ0n) is 8.70. The fourth-order valence-corrected chi connectivity index (χ4v) is 1.01. The minimum atomic E-state index is -0.0951. The molecule has 2 N–H and O–H groups in total. The number of aromatic nitrogens is 2. The molecule has 0 fully saturated rings. The van der Waals surface area contributed by atoms with Crippen molar-refractivity contribution in [1.29, 1.82) is 0 Å². The molecule has 3 nitrogen and oxygen atoms in total. The van der Waals surface area contributed by atoms with Crippen molar-refractivity contribution in [3.63, 3.8) is 0 Å². The molecule has 13 heavy (non-hydrogen) atoms. The lowest BCUT2D eigenvalue weighted by atomic mass is 9.92. The Hall–Kier alpha value is -0.960. The van der Waals surface area contributed by atoms with E-state index in [-0.39, 0.29) is 11.5 Å². The molecule has 1 unspecified atom stereocenters. The molecular formula is C10H17N3. The smallest absolute Gasteiger partial charge is 0.144 e. The molecule has 72 valence electrons. The van der Waals surface area contributed by atoms with Crippen molar-refractivity contribution in [2.45, 2.75) is 39.2 Å². The van der Waals surface area contributed by atoms with Gasteiger partial charge in [0, 0.05) is 17.3 Å². The monoisotopic (exact) mass is 179 g/mol. The van der Waals surface area contributed by atoms with Crippen molar-refractivity contribution in [3.8, 4) is 0 Å². The number of hydrogen-bond donors (Lipinski definition) is 1. The van der Waals surface area contributed by atoms with E-state index in [0.717, 1.165) is 5.69 Å². The summed E-state index contributed by atoms with van der Waals surface area (Å²) in [6, 6.07) is 1.84. The van der Waals surface area contributed by atoms with E-state index in [0.29, 0.717) is 5.82 Å². The second kappa shape index (κ2) is 3.42. The Balaban J connectivity index is 3.06. The lowest BCUT2D eigenvalue weighted by Crippen LogP contribution is -2.17. The summed E-state index contributed by atoms with van der Waals surface area (Å²) in [5, 5.41) is 0. The first-order valence-corrected chi connectivity index (χ1v) is 4.50. The van der Waals surface area contributed by atoms with Crippen molar-refractivity contribution < 1.29 is 0 Å². The van der Waals surface area contributed by atoms with Gasteiger partial charge in [-0.3, -0.25) is 0 Å². The van der Waals surface area contributed by atoms with Crippen LogP contribution in [0.5, 0.6) is 0 Å². The van der Waals surface area contributed by atoms with Crippen molar-refractivity contribution in [1.82, 2.24) is 9.97 Å². The largest absolute Gasteiger partial charge is 0.322 e. The van der Waals surface area contributed by atoms with Crippen LogP contribution in [0.15, 0.2) is 12.3 Å². The quantitative estimate of drug-likeness (QED) is 0.715. The molecule has 0 saturated carbocycles. The summed E-state index contributed by atoms with van der Waals surface area (Å²) in [4.78, 5) is 8.52. The highest BCUT2D eigenvalue weighted by Crippen LogP contribution is 2.19. The van der Waals surface area contributed by atoms with E-state index in [2.05, 4.69) is 30.7 Å². The van der Waals surface area contributed by atoms with Gasteiger partial charge < -0.3 is 5.73 Å². The molecule has 0 spiro atoms. The second-order valence-electron chi connectivity index (χ2n) is 4.34. The molecular weight excluding hydrogens is 162 g/mol. The van der Waals surface area contributed by atoms with Crippen molar-refractivity contribution in [3.05, 3.63) is 23.8 Å². The molecule has 0 amide bonds. The maximum absolute atomic E-state index is 5.70. The molecule has 0 bridgehead atoms. The van der Waals surface area contributed by atoms with Gasteiger partial charge in [0.05, 0.1) is 6.04 Å². The molecule has 1 rings (SSSR count). The van der Waals surface area contributed by atoms with Gasteiger partial charge in [0.2, 0.25) is 0 Å². The fourth-order valence-electron chi connectivity index (χ4n) is 1.01. The van der Waals surface area contributed by atoms with Crippen LogP contribution in [0.3, 0.4) is 0 Å². The summed E-state index contributed by atoms with van der Waals surface area (Å²) in [6.45, 7) is 8.27. The van der Waals surface area contributed by atoms with Crippen LogP contribution in [0.25, 0.3) is 0 Å². The van der Waals surface area contributed by atoms with Crippen LogP contribution >= 0.6 is 0 Å². The van der Waals surface area contributed by atoms with E-state index in [9.17, 15) is 0 Å². The summed E-state index contributed by atoms with van der Waals surface area (Å²) < 4.78 is 0. The highest BCUT2D eigenvalue weighted by molar-refractivity contribution is 5.13. The summed E-state index contributed by atoms with van der Waals surface area (Å²) in [7, 11) is 0. The minimum absolute atomic E-state index is 0.0621. The molecule has 0 radical (unpaired) electrons. The van der Waals surface area contributed by atoms with Crippen molar-refractivity contribution in [2.75, 3.05) is 0 Å². The molecule has 0 aromatic carbocycles. The van der Waals surface area contributed by atoms with Crippen molar-refractivity contribution in [2.24, 2.45) is 5.73 Å². The summed E-state index contributed by atoms with van der Waals surface area (Å²) >= 11 is 0. The molecule has 0 saturated heterocycles.